The normalized spacial score (nSPS) is 46.6. The molecule has 9 heteroatoms. The average Bonchev–Trinajstić information content (AvgIpc) is 3.31. The van der Waals surface area contributed by atoms with Crippen LogP contribution in [0.15, 0.2) is 48.1 Å². The third-order valence-corrected chi connectivity index (χ3v) is 10.5. The van der Waals surface area contributed by atoms with Gasteiger partial charge in [-0.3, -0.25) is 9.63 Å². The maximum Gasteiger partial charge on any atom is 0.339 e. The van der Waals surface area contributed by atoms with Gasteiger partial charge in [0.15, 0.2) is 17.1 Å². The molecule has 5 aliphatic rings. The van der Waals surface area contributed by atoms with Gasteiger partial charge in [0.2, 0.25) is 0 Å². The van der Waals surface area contributed by atoms with Crippen LogP contribution >= 0.6 is 11.6 Å². The Kier molecular flexibility index (Phi) is 5.40. The van der Waals surface area contributed by atoms with Crippen molar-refractivity contribution in [2.24, 2.45) is 28.6 Å². The fourth-order valence-electron chi connectivity index (χ4n) is 8.57. The van der Waals surface area contributed by atoms with Crippen molar-refractivity contribution in [1.82, 2.24) is 5.06 Å². The van der Waals surface area contributed by atoms with E-state index < -0.39 is 63.9 Å². The molecule has 1 saturated heterocycles. The predicted octanol–water partition coefficient (Wildman–Crippen LogP) is 4.46. The number of nitrogens with zero attached hydrogens (tertiary/aromatic N) is 1. The lowest BCUT2D eigenvalue weighted by molar-refractivity contribution is -0.275. The smallest absolute Gasteiger partial charge is 0.339 e. The van der Waals surface area contributed by atoms with E-state index in [1.54, 1.807) is 31.0 Å². The molecule has 9 atom stereocenters. The number of fused-ring (bicyclic) bond motifs is 7. The minimum Gasteiger partial charge on any atom is -0.479 e. The van der Waals surface area contributed by atoms with E-state index in [1.807, 2.05) is 12.1 Å². The topological polar surface area (TPSA) is 87.1 Å². The van der Waals surface area contributed by atoms with Crippen molar-refractivity contribution in [1.29, 1.82) is 0 Å². The molecular formula is C28H30ClF2NO5. The number of carbonyl (C=O) groups excluding carboxylic acids is 1. The Morgan fingerprint density at radius 3 is 2.59 bits per heavy atom. The fourth-order valence-corrected chi connectivity index (χ4v) is 8.70. The summed E-state index contributed by atoms with van der Waals surface area (Å²) in [6.07, 6.45) is 0.628. The van der Waals surface area contributed by atoms with Crippen LogP contribution in [0.4, 0.5) is 8.78 Å². The largest absolute Gasteiger partial charge is 0.479 e. The second kappa shape index (κ2) is 7.94. The van der Waals surface area contributed by atoms with Gasteiger partial charge in [0.25, 0.3) is 0 Å². The van der Waals surface area contributed by atoms with Gasteiger partial charge in [0.05, 0.1) is 6.10 Å². The highest BCUT2D eigenvalue weighted by molar-refractivity contribution is 6.30. The highest BCUT2D eigenvalue weighted by atomic mass is 35.5. The molecule has 198 valence electrons. The van der Waals surface area contributed by atoms with Gasteiger partial charge in [0, 0.05) is 40.8 Å². The zero-order chi connectivity index (χ0) is 26.5. The van der Waals surface area contributed by atoms with Crippen LogP contribution in [-0.4, -0.2) is 57.1 Å². The zero-order valence-corrected chi connectivity index (χ0v) is 21.4. The first kappa shape index (κ1) is 25.2. The molecular weight excluding hydrogens is 504 g/mol. The first-order valence-corrected chi connectivity index (χ1v) is 13.1. The van der Waals surface area contributed by atoms with E-state index in [0.717, 1.165) is 11.6 Å². The molecule has 0 radical (unpaired) electrons. The Morgan fingerprint density at radius 2 is 1.92 bits per heavy atom. The van der Waals surface area contributed by atoms with Crippen LogP contribution in [0.3, 0.4) is 0 Å². The summed E-state index contributed by atoms with van der Waals surface area (Å²) < 4.78 is 32.9. The molecule has 0 spiro atoms. The number of hydroxylamine groups is 2. The van der Waals surface area contributed by atoms with Crippen LogP contribution in [0.25, 0.3) is 0 Å². The lowest BCUT2D eigenvalue weighted by atomic mass is 9.44. The van der Waals surface area contributed by atoms with Crippen molar-refractivity contribution in [2.75, 3.05) is 6.54 Å². The Hall–Kier alpha value is -2.13. The second-order valence-electron chi connectivity index (χ2n) is 11.9. The number of ketones is 1. The van der Waals surface area contributed by atoms with Gasteiger partial charge in [-0.05, 0) is 67.5 Å². The second-order valence-corrected chi connectivity index (χ2v) is 12.3. The van der Waals surface area contributed by atoms with Crippen LogP contribution in [0, 0.1) is 28.6 Å². The summed E-state index contributed by atoms with van der Waals surface area (Å²) >= 11 is 5.99. The summed E-state index contributed by atoms with van der Waals surface area (Å²) in [5, 5.41) is 24.3. The van der Waals surface area contributed by atoms with Gasteiger partial charge in [0.1, 0.15) is 6.17 Å². The highest BCUT2D eigenvalue weighted by Crippen LogP contribution is 2.72. The lowest BCUT2D eigenvalue weighted by Crippen LogP contribution is -2.70. The van der Waals surface area contributed by atoms with Crippen LogP contribution in [0.5, 0.6) is 0 Å². The van der Waals surface area contributed by atoms with Crippen LogP contribution in [0.2, 0.25) is 5.02 Å². The summed E-state index contributed by atoms with van der Waals surface area (Å²) in [6.45, 7) is 3.96. The molecule has 6 nitrogen and oxygen atoms in total. The predicted molar refractivity (Wildman–Crippen MR) is 131 cm³/mol. The molecule has 0 aromatic heterocycles. The number of benzene rings is 1. The van der Waals surface area contributed by atoms with Crippen molar-refractivity contribution in [3.63, 3.8) is 0 Å². The number of hydrogen-bond acceptors (Lipinski definition) is 5. The third kappa shape index (κ3) is 3.07. The van der Waals surface area contributed by atoms with Gasteiger partial charge in [-0.15, -0.1) is 0 Å². The van der Waals surface area contributed by atoms with Crippen LogP contribution in [0.1, 0.15) is 38.7 Å². The zero-order valence-electron chi connectivity index (χ0n) is 20.7. The quantitative estimate of drug-likeness (QED) is 0.597. The first-order valence-electron chi connectivity index (χ1n) is 12.7. The number of alkyl halides is 2. The van der Waals surface area contributed by atoms with Gasteiger partial charge in [-0.1, -0.05) is 36.7 Å². The van der Waals surface area contributed by atoms with Crippen LogP contribution < -0.4 is 0 Å². The molecule has 1 aliphatic heterocycles. The standard InChI is InChI=1S/C28H30ClF2NO5/c1-25-8-7-18(33)10-21(25)22(30)11-20-19-9-16-14-32(13-15-3-5-17(29)6-4-15)37-28(16,24(35)36)26(19,2)12-23(34)27(20,25)31/h3-8,10,16,19-20,22-23,34H,9,11-14H2,1-2H3,(H,35,36). The number of hydrogen-bond donors (Lipinski definition) is 2. The van der Waals surface area contributed by atoms with Crippen molar-refractivity contribution in [3.8, 4) is 0 Å². The van der Waals surface area contributed by atoms with Crippen molar-refractivity contribution >= 4 is 23.4 Å². The number of allylic oxidation sites excluding steroid dienone is 4. The molecule has 4 fully saturated rings. The number of halogens is 3. The van der Waals surface area contributed by atoms with E-state index >= 15 is 8.78 Å². The molecule has 0 bridgehead atoms. The number of aliphatic hydroxyl groups excluding tert-OH is 1. The van der Waals surface area contributed by atoms with Crippen molar-refractivity contribution in [2.45, 2.75) is 63.2 Å². The van der Waals surface area contributed by atoms with E-state index in [-0.39, 0.29) is 18.4 Å². The Morgan fingerprint density at radius 1 is 1.22 bits per heavy atom. The Bertz CT molecular complexity index is 1240. The molecule has 1 aromatic rings. The number of aliphatic hydroxyl groups is 1. The van der Waals surface area contributed by atoms with E-state index in [0.29, 0.717) is 24.5 Å². The van der Waals surface area contributed by atoms with Gasteiger partial charge >= 0.3 is 5.97 Å². The maximum atomic E-state index is 17.3. The summed E-state index contributed by atoms with van der Waals surface area (Å²) in [4.78, 5) is 31.3. The molecule has 9 unspecified atom stereocenters. The minimum absolute atomic E-state index is 0.0536. The summed E-state index contributed by atoms with van der Waals surface area (Å²) in [6, 6.07) is 7.20. The number of carboxylic acid groups (broad SMARTS) is 1. The molecule has 1 heterocycles. The molecule has 0 amide bonds. The average molecular weight is 534 g/mol. The highest BCUT2D eigenvalue weighted by Gasteiger charge is 2.80. The van der Waals surface area contributed by atoms with Gasteiger partial charge in [-0.25, -0.2) is 13.6 Å². The third-order valence-electron chi connectivity index (χ3n) is 10.3. The van der Waals surface area contributed by atoms with E-state index in [1.165, 1.54) is 12.2 Å². The molecule has 4 aliphatic carbocycles. The Labute approximate surface area is 218 Å². The SMILES string of the molecule is CC12C=CC(=O)C=C1C(F)CC1C3CC4CN(Cc5ccc(Cl)cc5)OC4(C(=O)O)C3(C)CC(O)C12F. The summed E-state index contributed by atoms with van der Waals surface area (Å²) in [5.74, 6) is -3.48. The van der Waals surface area contributed by atoms with E-state index in [4.69, 9.17) is 16.4 Å². The molecule has 2 N–H and O–H groups in total. The number of carboxylic acids is 1. The monoisotopic (exact) mass is 533 g/mol. The van der Waals surface area contributed by atoms with Gasteiger partial charge in [-0.2, -0.15) is 5.06 Å². The number of rotatable bonds is 3. The van der Waals surface area contributed by atoms with E-state index in [9.17, 15) is 19.8 Å². The minimum atomic E-state index is -2.25. The van der Waals surface area contributed by atoms with Gasteiger partial charge < -0.3 is 10.2 Å². The number of aliphatic carboxylic acids is 1. The van der Waals surface area contributed by atoms with Crippen molar-refractivity contribution in [3.05, 3.63) is 58.7 Å². The molecule has 1 aromatic carbocycles. The fraction of sp³-hybridized carbons (Fsp3) is 0.571. The molecule has 37 heavy (non-hydrogen) atoms. The summed E-state index contributed by atoms with van der Waals surface area (Å²) in [7, 11) is 0. The molecule has 3 saturated carbocycles. The number of carbonyl (C=O) groups is 2. The van der Waals surface area contributed by atoms with E-state index in [2.05, 4.69) is 0 Å². The van der Waals surface area contributed by atoms with Crippen molar-refractivity contribution < 1.29 is 33.4 Å². The summed E-state index contributed by atoms with van der Waals surface area (Å²) in [5.41, 5.74) is -5.60. The Balaban J connectivity index is 1.38. The van der Waals surface area contributed by atoms with Crippen LogP contribution in [-0.2, 0) is 21.0 Å². The first-order chi connectivity index (χ1) is 17.4. The molecule has 6 rings (SSSR count). The maximum absolute atomic E-state index is 17.3. The lowest BCUT2D eigenvalue weighted by Gasteiger charge is -2.63.